The number of hydrogen-bond acceptors (Lipinski definition) is 4. The molecule has 0 heterocycles. The van der Waals surface area contributed by atoms with E-state index in [0.29, 0.717) is 0 Å². The van der Waals surface area contributed by atoms with E-state index in [2.05, 4.69) is 5.32 Å². The Hall–Kier alpha value is -2.41. The third kappa shape index (κ3) is 6.54. The lowest BCUT2D eigenvalue weighted by molar-refractivity contribution is -0.146. The first-order valence-electron chi connectivity index (χ1n) is 7.53. The topological polar surface area (TPSA) is 55.4 Å². The van der Waals surface area contributed by atoms with E-state index in [1.807, 2.05) is 0 Å². The van der Waals surface area contributed by atoms with E-state index in [1.54, 1.807) is 31.2 Å². The molecule has 0 aliphatic rings. The lowest BCUT2D eigenvalue weighted by Gasteiger charge is -2.14. The number of nitrogens with one attached hydrogen (secondary N) is 1. The van der Waals surface area contributed by atoms with Crippen molar-refractivity contribution in [2.75, 3.05) is 12.4 Å². The summed E-state index contributed by atoms with van der Waals surface area (Å²) in [4.78, 5) is 24.2. The van der Waals surface area contributed by atoms with Gasteiger partial charge in [-0.05, 0) is 48.9 Å². The number of benzene rings is 2. The lowest BCUT2D eigenvalue weighted by atomic mass is 10.1. The third-order valence-electron chi connectivity index (χ3n) is 3.28. The van der Waals surface area contributed by atoms with E-state index < -0.39 is 18.5 Å². The summed E-state index contributed by atoms with van der Waals surface area (Å²) in [6.07, 6.45) is 0. The summed E-state index contributed by atoms with van der Waals surface area (Å²) < 4.78 is 30.5. The first-order valence-corrected chi connectivity index (χ1v) is 8.51. The number of halogens is 2. The van der Waals surface area contributed by atoms with Crippen LogP contribution in [0.15, 0.2) is 53.4 Å². The minimum Gasteiger partial charge on any atom is -0.455 e. The van der Waals surface area contributed by atoms with Gasteiger partial charge in [-0.3, -0.25) is 9.59 Å². The van der Waals surface area contributed by atoms with Crippen LogP contribution in [0.4, 0.5) is 8.78 Å². The van der Waals surface area contributed by atoms with Crippen molar-refractivity contribution < 1.29 is 23.1 Å². The molecule has 4 nitrogen and oxygen atoms in total. The monoisotopic (exact) mass is 365 g/mol. The Labute approximate surface area is 148 Å². The fourth-order valence-electron chi connectivity index (χ4n) is 1.98. The van der Waals surface area contributed by atoms with E-state index in [9.17, 15) is 18.4 Å². The molecular weight excluding hydrogens is 348 g/mol. The fourth-order valence-corrected chi connectivity index (χ4v) is 2.68. The van der Waals surface area contributed by atoms with Crippen LogP contribution >= 0.6 is 11.8 Å². The first-order chi connectivity index (χ1) is 11.9. The summed E-state index contributed by atoms with van der Waals surface area (Å²) >= 11 is 1.19. The number of amides is 1. The molecule has 0 radical (unpaired) electrons. The molecule has 0 saturated heterocycles. The second kappa shape index (κ2) is 9.17. The summed E-state index contributed by atoms with van der Waals surface area (Å²) in [7, 11) is 0. The van der Waals surface area contributed by atoms with Gasteiger partial charge in [0.2, 0.25) is 0 Å². The van der Waals surface area contributed by atoms with Gasteiger partial charge in [-0.1, -0.05) is 12.1 Å². The number of thioether (sulfide) groups is 1. The van der Waals surface area contributed by atoms with Gasteiger partial charge in [-0.2, -0.15) is 0 Å². The minimum absolute atomic E-state index is 0.0203. The molecule has 0 aliphatic heterocycles. The average Bonchev–Trinajstić information content (AvgIpc) is 2.60. The predicted molar refractivity (Wildman–Crippen MR) is 91.0 cm³/mol. The van der Waals surface area contributed by atoms with Crippen LogP contribution in [0, 0.1) is 11.6 Å². The molecule has 2 rings (SSSR count). The van der Waals surface area contributed by atoms with Gasteiger partial charge in [0.05, 0.1) is 11.8 Å². The molecule has 0 saturated carbocycles. The molecule has 2 aromatic rings. The highest BCUT2D eigenvalue weighted by Gasteiger charge is 2.12. The molecule has 1 N–H and O–H groups in total. The van der Waals surface area contributed by atoms with Crippen molar-refractivity contribution in [2.45, 2.75) is 17.9 Å². The second-order valence-electron chi connectivity index (χ2n) is 5.24. The SMILES string of the molecule is C[C@H](NC(=O)COC(=O)CSc1ccc(F)cc1)c1ccc(F)cc1. The zero-order valence-corrected chi connectivity index (χ0v) is 14.3. The van der Waals surface area contributed by atoms with Crippen LogP contribution in [0.3, 0.4) is 0 Å². The maximum absolute atomic E-state index is 12.9. The molecule has 25 heavy (non-hydrogen) atoms. The number of ether oxygens (including phenoxy) is 1. The maximum atomic E-state index is 12.9. The van der Waals surface area contributed by atoms with Crippen molar-refractivity contribution in [2.24, 2.45) is 0 Å². The van der Waals surface area contributed by atoms with Crippen LogP contribution in [0.2, 0.25) is 0 Å². The van der Waals surface area contributed by atoms with Crippen LogP contribution < -0.4 is 5.32 Å². The summed E-state index contributed by atoms with van der Waals surface area (Å²) in [6, 6.07) is 11.2. The Bertz CT molecular complexity index is 720. The Kier molecular flexibility index (Phi) is 6.94. The molecule has 132 valence electrons. The summed E-state index contributed by atoms with van der Waals surface area (Å²) in [5.74, 6) is -1.67. The zero-order chi connectivity index (χ0) is 18.2. The molecule has 0 bridgehead atoms. The summed E-state index contributed by atoms with van der Waals surface area (Å²) in [5, 5.41) is 2.66. The third-order valence-corrected chi connectivity index (χ3v) is 4.27. The Balaban J connectivity index is 1.70. The van der Waals surface area contributed by atoms with E-state index >= 15 is 0 Å². The van der Waals surface area contributed by atoms with Crippen molar-refractivity contribution in [3.8, 4) is 0 Å². The van der Waals surface area contributed by atoms with E-state index in [1.165, 1.54) is 36.0 Å². The molecule has 0 aliphatic carbocycles. The number of carbonyl (C=O) groups is 2. The molecule has 0 fully saturated rings. The van der Waals surface area contributed by atoms with Crippen molar-refractivity contribution in [1.82, 2.24) is 5.32 Å². The van der Waals surface area contributed by atoms with Crippen molar-refractivity contribution in [3.63, 3.8) is 0 Å². The molecule has 1 atom stereocenters. The predicted octanol–water partition coefficient (Wildman–Crippen LogP) is 3.48. The average molecular weight is 365 g/mol. The van der Waals surface area contributed by atoms with E-state index in [-0.39, 0.29) is 23.4 Å². The number of carbonyl (C=O) groups excluding carboxylic acids is 2. The maximum Gasteiger partial charge on any atom is 0.316 e. The van der Waals surface area contributed by atoms with Gasteiger partial charge in [0, 0.05) is 4.90 Å². The molecule has 0 spiro atoms. The highest BCUT2D eigenvalue weighted by molar-refractivity contribution is 8.00. The summed E-state index contributed by atoms with van der Waals surface area (Å²) in [5.41, 5.74) is 0.743. The molecule has 2 aromatic carbocycles. The molecule has 1 amide bonds. The largest absolute Gasteiger partial charge is 0.455 e. The second-order valence-corrected chi connectivity index (χ2v) is 6.29. The fraction of sp³-hybridized carbons (Fsp3) is 0.222. The Morgan fingerprint density at radius 3 is 2.20 bits per heavy atom. The summed E-state index contributed by atoms with van der Waals surface area (Å²) in [6.45, 7) is 1.35. The quantitative estimate of drug-likeness (QED) is 0.603. The van der Waals surface area contributed by atoms with Gasteiger partial charge in [-0.15, -0.1) is 11.8 Å². The van der Waals surface area contributed by atoms with Gasteiger partial charge in [0.1, 0.15) is 11.6 Å². The van der Waals surface area contributed by atoms with Crippen LogP contribution in [0.5, 0.6) is 0 Å². The standard InChI is InChI=1S/C18H17F2NO3S/c1-12(13-2-4-14(19)5-3-13)21-17(22)10-24-18(23)11-25-16-8-6-15(20)7-9-16/h2-9,12H,10-11H2,1H3,(H,21,22)/t12-/m0/s1. The van der Waals surface area contributed by atoms with Gasteiger partial charge < -0.3 is 10.1 Å². The highest BCUT2D eigenvalue weighted by atomic mass is 32.2. The van der Waals surface area contributed by atoms with Crippen molar-refractivity contribution >= 4 is 23.6 Å². The van der Waals surface area contributed by atoms with Gasteiger partial charge in [-0.25, -0.2) is 8.78 Å². The molecule has 0 unspecified atom stereocenters. The first kappa shape index (κ1) is 18.9. The van der Waals surface area contributed by atoms with Crippen LogP contribution in [0.1, 0.15) is 18.5 Å². The Morgan fingerprint density at radius 2 is 1.60 bits per heavy atom. The molecule has 0 aromatic heterocycles. The van der Waals surface area contributed by atoms with Gasteiger partial charge in [0.15, 0.2) is 6.61 Å². The van der Waals surface area contributed by atoms with Crippen LogP contribution in [-0.4, -0.2) is 24.2 Å². The highest BCUT2D eigenvalue weighted by Crippen LogP contribution is 2.18. The van der Waals surface area contributed by atoms with Crippen molar-refractivity contribution in [1.29, 1.82) is 0 Å². The Morgan fingerprint density at radius 1 is 1.04 bits per heavy atom. The lowest BCUT2D eigenvalue weighted by Crippen LogP contribution is -2.31. The van der Waals surface area contributed by atoms with Crippen LogP contribution in [0.25, 0.3) is 0 Å². The van der Waals surface area contributed by atoms with Crippen LogP contribution in [-0.2, 0) is 14.3 Å². The molecular formula is C18H17F2NO3S. The molecule has 7 heteroatoms. The smallest absolute Gasteiger partial charge is 0.316 e. The van der Waals surface area contributed by atoms with E-state index in [4.69, 9.17) is 4.74 Å². The normalized spacial score (nSPS) is 11.6. The van der Waals surface area contributed by atoms with Gasteiger partial charge >= 0.3 is 5.97 Å². The number of hydrogen-bond donors (Lipinski definition) is 1. The zero-order valence-electron chi connectivity index (χ0n) is 13.5. The van der Waals surface area contributed by atoms with Crippen molar-refractivity contribution in [3.05, 3.63) is 65.7 Å². The number of rotatable bonds is 7. The van der Waals surface area contributed by atoms with E-state index in [0.717, 1.165) is 10.5 Å². The number of esters is 1. The minimum atomic E-state index is -0.543. The van der Waals surface area contributed by atoms with Gasteiger partial charge in [0.25, 0.3) is 5.91 Å².